The van der Waals surface area contributed by atoms with E-state index in [4.69, 9.17) is 9.73 Å². The number of morpholine rings is 1. The quantitative estimate of drug-likeness (QED) is 0.348. The predicted molar refractivity (Wildman–Crippen MR) is 144 cm³/mol. The zero-order chi connectivity index (χ0) is 25.1. The number of aromatic nitrogens is 1. The first-order valence-electron chi connectivity index (χ1n) is 12.0. The van der Waals surface area contributed by atoms with Gasteiger partial charge in [0.05, 0.1) is 35.0 Å². The van der Waals surface area contributed by atoms with Crippen molar-refractivity contribution >= 4 is 27.0 Å². The number of para-hydroxylation sites is 1. The lowest BCUT2D eigenvalue weighted by Gasteiger charge is -2.34. The number of ether oxygens (including phenoxy) is 1. The molecule has 0 unspecified atom stereocenters. The average molecular weight is 520 g/mol. The molecular weight excluding hydrogens is 490 g/mol. The highest BCUT2D eigenvalue weighted by molar-refractivity contribution is 7.89. The molecule has 0 amide bonds. The molecule has 1 aromatic heterocycles. The summed E-state index contributed by atoms with van der Waals surface area (Å²) in [5.74, 6) is 0. The summed E-state index contributed by atoms with van der Waals surface area (Å²) in [7, 11) is -3.65. The predicted octanol–water partition coefficient (Wildman–Crippen LogP) is 5.30. The van der Waals surface area contributed by atoms with Crippen molar-refractivity contribution in [2.75, 3.05) is 13.1 Å². The van der Waals surface area contributed by atoms with E-state index >= 15 is 0 Å². The summed E-state index contributed by atoms with van der Waals surface area (Å²) in [6.45, 7) is 5.14. The molecule has 1 aliphatic heterocycles. The Morgan fingerprint density at radius 2 is 1.58 bits per heavy atom. The van der Waals surface area contributed by atoms with Crippen LogP contribution in [-0.2, 0) is 21.3 Å². The largest absolute Gasteiger partial charge is 0.373 e. The minimum atomic E-state index is -3.65. The minimum Gasteiger partial charge on any atom is -0.373 e. The molecule has 1 aliphatic rings. The van der Waals surface area contributed by atoms with Crippen molar-refractivity contribution in [3.8, 4) is 11.3 Å². The molecule has 36 heavy (non-hydrogen) atoms. The van der Waals surface area contributed by atoms with Gasteiger partial charge in [0.15, 0.2) is 4.80 Å². The van der Waals surface area contributed by atoms with Gasteiger partial charge < -0.3 is 9.30 Å². The van der Waals surface area contributed by atoms with Crippen LogP contribution in [0.2, 0.25) is 0 Å². The SMILES string of the molecule is C[C@H]1CN(S(=O)(=O)c2cccc(-c3csc(=Nc4ccccc4)n3Cc3ccccc3)c2)C[C@H](C)O1. The third-order valence-corrected chi connectivity index (χ3v) is 8.81. The number of thiazole rings is 1. The Bertz CT molecular complexity index is 1490. The van der Waals surface area contributed by atoms with Crippen LogP contribution in [0.4, 0.5) is 5.69 Å². The van der Waals surface area contributed by atoms with Crippen LogP contribution >= 0.6 is 11.3 Å². The van der Waals surface area contributed by atoms with E-state index in [9.17, 15) is 8.42 Å². The van der Waals surface area contributed by atoms with E-state index in [1.165, 1.54) is 4.31 Å². The normalized spacial score (nSPS) is 19.4. The molecule has 2 atom stereocenters. The maximum Gasteiger partial charge on any atom is 0.243 e. The smallest absolute Gasteiger partial charge is 0.243 e. The Labute approximate surface area is 216 Å². The Balaban J connectivity index is 1.57. The van der Waals surface area contributed by atoms with E-state index in [0.29, 0.717) is 24.5 Å². The van der Waals surface area contributed by atoms with Crippen LogP contribution < -0.4 is 4.80 Å². The molecule has 8 heteroatoms. The van der Waals surface area contributed by atoms with Gasteiger partial charge >= 0.3 is 0 Å². The minimum absolute atomic E-state index is 0.140. The maximum absolute atomic E-state index is 13.5. The molecule has 0 N–H and O–H groups in total. The van der Waals surface area contributed by atoms with E-state index in [1.54, 1.807) is 23.5 Å². The third kappa shape index (κ3) is 5.37. The second-order valence-electron chi connectivity index (χ2n) is 9.03. The number of hydrogen-bond donors (Lipinski definition) is 0. The molecule has 1 fully saturated rings. The standard InChI is InChI=1S/C28H29N3O3S2/c1-21-17-30(18-22(2)34-21)36(32,33)26-15-9-12-24(16-26)27-20-35-28(29-25-13-7-4-8-14-25)31(27)19-23-10-5-3-6-11-23/h3-16,20-22H,17-19H2,1-2H3/t21-,22-/m0/s1. The molecule has 3 aromatic carbocycles. The van der Waals surface area contributed by atoms with E-state index in [0.717, 1.165) is 27.3 Å². The van der Waals surface area contributed by atoms with Crippen molar-refractivity contribution in [1.29, 1.82) is 0 Å². The van der Waals surface area contributed by atoms with Gasteiger partial charge in [-0.2, -0.15) is 4.31 Å². The van der Waals surface area contributed by atoms with Crippen LogP contribution in [0.5, 0.6) is 0 Å². The second-order valence-corrected chi connectivity index (χ2v) is 11.8. The van der Waals surface area contributed by atoms with Crippen LogP contribution in [-0.4, -0.2) is 42.6 Å². The molecule has 2 heterocycles. The fourth-order valence-corrected chi connectivity index (χ4v) is 7.04. The van der Waals surface area contributed by atoms with Gasteiger partial charge in [0.2, 0.25) is 10.0 Å². The second kappa shape index (κ2) is 10.5. The molecule has 0 saturated carbocycles. The first-order chi connectivity index (χ1) is 17.4. The Kier molecular flexibility index (Phi) is 7.20. The van der Waals surface area contributed by atoms with Gasteiger partial charge in [-0.05, 0) is 43.7 Å². The van der Waals surface area contributed by atoms with Gasteiger partial charge in [0.1, 0.15) is 0 Å². The number of sulfonamides is 1. The molecule has 6 nitrogen and oxygen atoms in total. The van der Waals surface area contributed by atoms with Crippen LogP contribution in [0.15, 0.2) is 100 Å². The first-order valence-corrected chi connectivity index (χ1v) is 14.3. The maximum atomic E-state index is 13.5. The summed E-state index contributed by atoms with van der Waals surface area (Å²) in [5, 5.41) is 2.05. The molecule has 0 radical (unpaired) electrons. The third-order valence-electron chi connectivity index (χ3n) is 6.12. The molecular formula is C28H29N3O3S2. The van der Waals surface area contributed by atoms with Crippen molar-refractivity contribution in [2.24, 2.45) is 4.99 Å². The summed E-state index contributed by atoms with van der Waals surface area (Å²) < 4.78 is 36.5. The topological polar surface area (TPSA) is 63.9 Å². The Morgan fingerprint density at radius 1 is 0.917 bits per heavy atom. The average Bonchev–Trinajstić information content (AvgIpc) is 3.26. The van der Waals surface area contributed by atoms with Crippen molar-refractivity contribution in [2.45, 2.75) is 37.5 Å². The molecule has 0 aliphatic carbocycles. The number of rotatable bonds is 6. The van der Waals surface area contributed by atoms with E-state index in [1.807, 2.05) is 74.5 Å². The Hall–Kier alpha value is -3.04. The van der Waals surface area contributed by atoms with Gasteiger partial charge in [-0.15, -0.1) is 11.3 Å². The molecule has 0 bridgehead atoms. The number of nitrogens with zero attached hydrogens (tertiary/aromatic N) is 3. The Morgan fingerprint density at radius 3 is 2.28 bits per heavy atom. The lowest BCUT2D eigenvalue weighted by molar-refractivity contribution is -0.0440. The molecule has 1 saturated heterocycles. The van der Waals surface area contributed by atoms with Crippen LogP contribution in [0.25, 0.3) is 11.3 Å². The van der Waals surface area contributed by atoms with Crippen LogP contribution in [0.1, 0.15) is 19.4 Å². The van der Waals surface area contributed by atoms with Crippen molar-refractivity contribution in [1.82, 2.24) is 8.87 Å². The van der Waals surface area contributed by atoms with Crippen molar-refractivity contribution in [3.63, 3.8) is 0 Å². The summed E-state index contributed by atoms with van der Waals surface area (Å²) in [6.07, 6.45) is -0.280. The molecule has 0 spiro atoms. The van der Waals surface area contributed by atoms with Crippen LogP contribution in [0, 0.1) is 0 Å². The lowest BCUT2D eigenvalue weighted by Crippen LogP contribution is -2.48. The highest BCUT2D eigenvalue weighted by Gasteiger charge is 2.32. The van der Waals surface area contributed by atoms with Gasteiger partial charge in [0, 0.05) is 24.0 Å². The summed E-state index contributed by atoms with van der Waals surface area (Å²) >= 11 is 1.55. The zero-order valence-corrected chi connectivity index (χ0v) is 22.0. The summed E-state index contributed by atoms with van der Waals surface area (Å²) in [5.41, 5.74) is 3.79. The molecule has 4 aromatic rings. The van der Waals surface area contributed by atoms with E-state index < -0.39 is 10.0 Å². The number of benzene rings is 3. The van der Waals surface area contributed by atoms with Gasteiger partial charge in [0.25, 0.3) is 0 Å². The monoisotopic (exact) mass is 519 g/mol. The lowest BCUT2D eigenvalue weighted by atomic mass is 10.1. The molecule has 186 valence electrons. The highest BCUT2D eigenvalue weighted by atomic mass is 32.2. The first kappa shape index (κ1) is 24.6. The zero-order valence-electron chi connectivity index (χ0n) is 20.3. The van der Waals surface area contributed by atoms with Gasteiger partial charge in [-0.3, -0.25) is 0 Å². The van der Waals surface area contributed by atoms with Crippen LogP contribution in [0.3, 0.4) is 0 Å². The van der Waals surface area contributed by atoms with Gasteiger partial charge in [-0.25, -0.2) is 13.4 Å². The van der Waals surface area contributed by atoms with E-state index in [2.05, 4.69) is 22.1 Å². The summed E-state index contributed by atoms with van der Waals surface area (Å²) in [6, 6.07) is 27.3. The highest BCUT2D eigenvalue weighted by Crippen LogP contribution is 2.27. The van der Waals surface area contributed by atoms with Crippen molar-refractivity contribution in [3.05, 3.63) is 101 Å². The summed E-state index contributed by atoms with van der Waals surface area (Å²) in [4.78, 5) is 6.03. The fraction of sp³-hybridized carbons (Fsp3) is 0.250. The fourth-order valence-electron chi connectivity index (χ4n) is 4.47. The van der Waals surface area contributed by atoms with E-state index in [-0.39, 0.29) is 12.2 Å². The van der Waals surface area contributed by atoms with Crippen molar-refractivity contribution < 1.29 is 13.2 Å². The van der Waals surface area contributed by atoms with Gasteiger partial charge in [-0.1, -0.05) is 60.7 Å². The molecule has 5 rings (SSSR count). The number of hydrogen-bond acceptors (Lipinski definition) is 5.